The molecule has 0 N–H and O–H groups in total. The van der Waals surface area contributed by atoms with Crippen LogP contribution in [-0.4, -0.2) is 6.71 Å². The fourth-order valence-corrected chi connectivity index (χ4v) is 15.5. The lowest BCUT2D eigenvalue weighted by Crippen LogP contribution is -2.61. The zero-order chi connectivity index (χ0) is 56.7. The van der Waals surface area contributed by atoms with Crippen molar-refractivity contribution in [1.82, 2.24) is 0 Å². The van der Waals surface area contributed by atoms with E-state index in [2.05, 4.69) is 315 Å². The second-order valence-corrected chi connectivity index (χ2v) is 27.6. The quantitative estimate of drug-likeness (QED) is 0.140. The van der Waals surface area contributed by atoms with Gasteiger partial charge in [0.25, 0.3) is 6.71 Å². The van der Waals surface area contributed by atoms with E-state index in [4.69, 9.17) is 0 Å². The molecule has 10 aromatic rings. The number of rotatable bonds is 8. The van der Waals surface area contributed by atoms with E-state index >= 15 is 0 Å². The Morgan fingerprint density at radius 3 is 1.40 bits per heavy atom. The average Bonchev–Trinajstić information content (AvgIpc) is 1.13. The predicted molar refractivity (Wildman–Crippen MR) is 351 cm³/mol. The third-order valence-electron chi connectivity index (χ3n) is 18.9. The number of anilines is 9. The topological polar surface area (TPSA) is 9.72 Å². The first-order valence-electron chi connectivity index (χ1n) is 29.8. The van der Waals surface area contributed by atoms with Crippen molar-refractivity contribution >= 4 is 74.3 Å². The Hall–Kier alpha value is -8.34. The molecule has 2 aliphatic carbocycles. The van der Waals surface area contributed by atoms with Crippen LogP contribution in [0, 0.1) is 0 Å². The molecular weight excluding hydrogens is 990 g/mol. The highest BCUT2D eigenvalue weighted by atomic mass is 15.2. The molecule has 0 spiro atoms. The summed E-state index contributed by atoms with van der Waals surface area (Å²) >= 11 is 0. The van der Waals surface area contributed by atoms with Gasteiger partial charge in [-0.2, -0.15) is 0 Å². The standard InChI is InChI=1S/C78H74BN3/c1-74(2,3)56-36-41-68(61(44-56)55-34-39-62-63(42-55)76(6,7)49-75(62,4)5)82-70-48-65-64(77(8,9)50-78(65,10)11)47-67(70)79-66-43-54(52-26-18-13-19-27-52)35-40-69(66)81(59-37-32-53(33-38-59)51-24-16-12-17-25-51)71-45-60(46-72(82)73(71)79)80(57-28-20-14-21-29-57)58-30-22-15-23-31-58/h12-48H,49-50H2,1-11H3. The molecule has 10 aromatic carbocycles. The molecule has 3 nitrogen and oxygen atoms in total. The van der Waals surface area contributed by atoms with Crippen LogP contribution in [0.3, 0.4) is 0 Å². The van der Waals surface area contributed by atoms with Crippen molar-refractivity contribution in [2.45, 2.75) is 116 Å². The molecule has 82 heavy (non-hydrogen) atoms. The Morgan fingerprint density at radius 2 is 0.817 bits per heavy atom. The van der Waals surface area contributed by atoms with Crippen molar-refractivity contribution in [1.29, 1.82) is 0 Å². The molecule has 0 unspecified atom stereocenters. The van der Waals surface area contributed by atoms with E-state index in [0.717, 1.165) is 35.6 Å². The first kappa shape index (κ1) is 51.8. The van der Waals surface area contributed by atoms with Gasteiger partial charge in [-0.1, -0.05) is 228 Å². The van der Waals surface area contributed by atoms with E-state index in [1.807, 2.05) is 0 Å². The molecule has 0 fully saturated rings. The minimum absolute atomic E-state index is 0.0288. The third kappa shape index (κ3) is 8.38. The van der Waals surface area contributed by atoms with Crippen LogP contribution in [0.15, 0.2) is 224 Å². The van der Waals surface area contributed by atoms with Gasteiger partial charge in [0, 0.05) is 45.4 Å². The Balaban J connectivity index is 1.13. The Labute approximate surface area is 488 Å². The lowest BCUT2D eigenvalue weighted by molar-refractivity contribution is 0.403. The molecule has 0 aromatic heterocycles. The largest absolute Gasteiger partial charge is 0.311 e. The monoisotopic (exact) mass is 1060 g/mol. The second-order valence-electron chi connectivity index (χ2n) is 27.6. The highest BCUT2D eigenvalue weighted by Gasteiger charge is 2.49. The van der Waals surface area contributed by atoms with Gasteiger partial charge in [0.15, 0.2) is 0 Å². The van der Waals surface area contributed by atoms with Crippen LogP contribution in [0.5, 0.6) is 0 Å². The van der Waals surface area contributed by atoms with Gasteiger partial charge in [-0.3, -0.25) is 0 Å². The molecule has 0 saturated carbocycles. The summed E-state index contributed by atoms with van der Waals surface area (Å²) in [6, 6.07) is 85.5. The van der Waals surface area contributed by atoms with Gasteiger partial charge in [0.2, 0.25) is 0 Å². The minimum atomic E-state index is -0.101. The summed E-state index contributed by atoms with van der Waals surface area (Å²) < 4.78 is 0. The zero-order valence-corrected chi connectivity index (χ0v) is 49.7. The fourth-order valence-electron chi connectivity index (χ4n) is 15.5. The average molecular weight is 1060 g/mol. The number of nitrogens with zero attached hydrogens (tertiary/aromatic N) is 3. The summed E-state index contributed by atoms with van der Waals surface area (Å²) in [6.45, 7) is 26.6. The Kier molecular flexibility index (Phi) is 11.7. The maximum absolute atomic E-state index is 2.72. The maximum Gasteiger partial charge on any atom is 0.252 e. The van der Waals surface area contributed by atoms with E-state index < -0.39 is 0 Å². The molecule has 0 atom stereocenters. The molecule has 4 heteroatoms. The molecule has 2 heterocycles. The van der Waals surface area contributed by atoms with Gasteiger partial charge < -0.3 is 14.7 Å². The summed E-state index contributed by atoms with van der Waals surface area (Å²) in [5.41, 5.74) is 28.8. The van der Waals surface area contributed by atoms with Crippen molar-refractivity contribution in [3.63, 3.8) is 0 Å². The van der Waals surface area contributed by atoms with Crippen LogP contribution < -0.4 is 31.1 Å². The molecule has 0 bridgehead atoms. The van der Waals surface area contributed by atoms with Gasteiger partial charge in [-0.05, 0) is 185 Å². The van der Waals surface area contributed by atoms with Crippen LogP contribution in [-0.2, 0) is 27.1 Å². The number of hydrogen-bond acceptors (Lipinski definition) is 3. The Bertz CT molecular complexity index is 4090. The van der Waals surface area contributed by atoms with E-state index in [1.54, 1.807) is 0 Å². The molecule has 0 radical (unpaired) electrons. The van der Waals surface area contributed by atoms with Crippen LogP contribution in [0.1, 0.15) is 117 Å². The number of fused-ring (bicyclic) bond motifs is 6. The van der Waals surface area contributed by atoms with Crippen LogP contribution in [0.4, 0.5) is 51.2 Å². The first-order chi connectivity index (χ1) is 39.3. The highest BCUT2D eigenvalue weighted by molar-refractivity contribution is 7.00. The van der Waals surface area contributed by atoms with Gasteiger partial charge in [-0.15, -0.1) is 0 Å². The molecule has 14 rings (SSSR count). The highest BCUT2D eigenvalue weighted by Crippen LogP contribution is 2.56. The molecule has 0 amide bonds. The van der Waals surface area contributed by atoms with Crippen LogP contribution in [0.2, 0.25) is 0 Å². The minimum Gasteiger partial charge on any atom is -0.311 e. The van der Waals surface area contributed by atoms with Crippen molar-refractivity contribution in [3.05, 3.63) is 252 Å². The van der Waals surface area contributed by atoms with Gasteiger partial charge in [0.1, 0.15) is 0 Å². The summed E-state index contributed by atoms with van der Waals surface area (Å²) in [7, 11) is 0. The second kappa shape index (κ2) is 18.6. The summed E-state index contributed by atoms with van der Waals surface area (Å²) in [6.07, 6.45) is 2.19. The summed E-state index contributed by atoms with van der Waals surface area (Å²) in [4.78, 5) is 7.77. The van der Waals surface area contributed by atoms with E-state index in [1.165, 1.54) is 106 Å². The predicted octanol–water partition coefficient (Wildman–Crippen LogP) is 19.5. The fraction of sp³-hybridized carbons (Fsp3) is 0.231. The molecule has 404 valence electrons. The molecular formula is C78H74BN3. The number of hydrogen-bond donors (Lipinski definition) is 0. The first-order valence-corrected chi connectivity index (χ1v) is 29.8. The van der Waals surface area contributed by atoms with Gasteiger partial charge in [0.05, 0.1) is 11.4 Å². The van der Waals surface area contributed by atoms with Gasteiger partial charge in [-0.25, -0.2) is 0 Å². The van der Waals surface area contributed by atoms with Crippen LogP contribution >= 0.6 is 0 Å². The van der Waals surface area contributed by atoms with Crippen molar-refractivity contribution in [3.8, 4) is 33.4 Å². The van der Waals surface area contributed by atoms with Crippen molar-refractivity contribution < 1.29 is 0 Å². The SMILES string of the molecule is CC(C)(C)c1ccc(N2c3cc4c(cc3B3c5cc(-c6ccccc6)ccc5N(c5ccc(-c6ccccc6)cc5)c5cc(N(c6ccccc6)c6ccccc6)cc2c53)C(C)(C)CC4(C)C)c(-c2ccc3c(c2)C(C)(C)CC3(C)C)c1. The molecule has 4 aliphatic rings. The maximum atomic E-state index is 2.72. The summed E-state index contributed by atoms with van der Waals surface area (Å²) in [5.74, 6) is 0. The van der Waals surface area contributed by atoms with Crippen molar-refractivity contribution in [2.75, 3.05) is 14.7 Å². The van der Waals surface area contributed by atoms with Gasteiger partial charge >= 0.3 is 0 Å². The zero-order valence-electron chi connectivity index (χ0n) is 49.7. The lowest BCUT2D eigenvalue weighted by atomic mass is 9.33. The van der Waals surface area contributed by atoms with Crippen molar-refractivity contribution in [2.24, 2.45) is 0 Å². The number of benzene rings is 10. The molecule has 0 saturated heterocycles. The number of para-hydroxylation sites is 2. The normalized spacial score (nSPS) is 16.5. The van der Waals surface area contributed by atoms with E-state index in [-0.39, 0.29) is 33.8 Å². The van der Waals surface area contributed by atoms with Crippen LogP contribution in [0.25, 0.3) is 33.4 Å². The summed E-state index contributed by atoms with van der Waals surface area (Å²) in [5, 5.41) is 0. The Morgan fingerprint density at radius 1 is 0.354 bits per heavy atom. The van der Waals surface area contributed by atoms with E-state index in [0.29, 0.717) is 0 Å². The smallest absolute Gasteiger partial charge is 0.252 e. The molecule has 2 aliphatic heterocycles. The van der Waals surface area contributed by atoms with E-state index in [9.17, 15) is 0 Å². The third-order valence-corrected chi connectivity index (χ3v) is 18.9. The lowest BCUT2D eigenvalue weighted by Gasteiger charge is -2.46.